The van der Waals surface area contributed by atoms with Gasteiger partial charge < -0.3 is 15.4 Å². The summed E-state index contributed by atoms with van der Waals surface area (Å²) in [6.07, 6.45) is 0. The highest BCUT2D eigenvalue weighted by Gasteiger charge is 2.12. The summed E-state index contributed by atoms with van der Waals surface area (Å²) < 4.78 is 1.09. The number of benzene rings is 1. The second kappa shape index (κ2) is 4.66. The molecule has 6 nitrogen and oxygen atoms in total. The van der Waals surface area contributed by atoms with Gasteiger partial charge in [0.1, 0.15) is 11.1 Å². The largest absolute Gasteiger partial charge is 0.507 e. The van der Waals surface area contributed by atoms with Crippen molar-refractivity contribution in [3.63, 3.8) is 0 Å². The maximum atomic E-state index is 12.2. The van der Waals surface area contributed by atoms with Crippen LogP contribution in [-0.4, -0.2) is 27.7 Å². The fraction of sp³-hybridized carbons (Fsp3) is 0.333. The first kappa shape index (κ1) is 12.4. The number of likely N-dealkylation sites (N-methyl/N-ethyl adjacent to an activating group) is 1. The molecule has 1 atom stereocenters. The minimum atomic E-state index is -0.478. The third kappa shape index (κ3) is 2.02. The molecule has 0 aliphatic carbocycles. The number of phenols is 1. The molecule has 1 unspecified atom stereocenters. The van der Waals surface area contributed by atoms with Crippen LogP contribution in [0, 0.1) is 0 Å². The van der Waals surface area contributed by atoms with Crippen LogP contribution in [0.1, 0.15) is 6.92 Å². The molecule has 0 amide bonds. The number of hydrogen-bond donors (Lipinski definition) is 3. The predicted molar refractivity (Wildman–Crippen MR) is 69.0 cm³/mol. The Bertz CT molecular complexity index is 687. The maximum absolute atomic E-state index is 12.2. The van der Waals surface area contributed by atoms with Crippen LogP contribution in [0.4, 0.5) is 0 Å². The van der Waals surface area contributed by atoms with Crippen molar-refractivity contribution in [2.24, 2.45) is 0 Å². The van der Waals surface area contributed by atoms with E-state index in [1.54, 1.807) is 19.2 Å². The van der Waals surface area contributed by atoms with Gasteiger partial charge in [-0.25, -0.2) is 4.79 Å². The van der Waals surface area contributed by atoms with E-state index in [1.165, 1.54) is 6.07 Å². The smallest absolute Gasteiger partial charge is 0.328 e. The lowest BCUT2D eigenvalue weighted by Crippen LogP contribution is -2.40. The summed E-state index contributed by atoms with van der Waals surface area (Å²) in [6.45, 7) is 2.11. The molecule has 2 rings (SSSR count). The molecular formula is C12H15N3O3. The van der Waals surface area contributed by atoms with Gasteiger partial charge in [0.25, 0.3) is 5.56 Å². The van der Waals surface area contributed by atoms with Crippen molar-refractivity contribution in [2.75, 3.05) is 7.05 Å². The van der Waals surface area contributed by atoms with Crippen molar-refractivity contribution in [3.8, 4) is 5.75 Å². The number of H-pyrrole nitrogens is 1. The van der Waals surface area contributed by atoms with Crippen LogP contribution in [0.5, 0.6) is 5.75 Å². The first-order valence-electron chi connectivity index (χ1n) is 5.66. The molecule has 0 fully saturated rings. The van der Waals surface area contributed by atoms with Gasteiger partial charge >= 0.3 is 5.69 Å². The molecule has 2 aromatic rings. The Morgan fingerprint density at radius 1 is 1.44 bits per heavy atom. The second-order valence-electron chi connectivity index (χ2n) is 4.24. The molecule has 0 bridgehead atoms. The third-order valence-corrected chi connectivity index (χ3v) is 2.94. The zero-order valence-corrected chi connectivity index (χ0v) is 10.2. The van der Waals surface area contributed by atoms with Gasteiger partial charge in [0, 0.05) is 12.6 Å². The highest BCUT2D eigenvalue weighted by molar-refractivity contribution is 5.83. The third-order valence-electron chi connectivity index (χ3n) is 2.94. The van der Waals surface area contributed by atoms with E-state index < -0.39 is 11.2 Å². The molecule has 0 saturated carbocycles. The molecule has 1 aromatic carbocycles. The van der Waals surface area contributed by atoms with Gasteiger partial charge in [0.05, 0.1) is 5.52 Å². The Morgan fingerprint density at radius 2 is 2.17 bits per heavy atom. The summed E-state index contributed by atoms with van der Waals surface area (Å²) in [5, 5.41) is 12.8. The second-order valence-corrected chi connectivity index (χ2v) is 4.24. The van der Waals surface area contributed by atoms with Gasteiger partial charge in [0.2, 0.25) is 0 Å². The van der Waals surface area contributed by atoms with E-state index in [1.807, 2.05) is 6.92 Å². The normalized spacial score (nSPS) is 12.8. The zero-order valence-electron chi connectivity index (χ0n) is 10.2. The van der Waals surface area contributed by atoms with Crippen LogP contribution in [0.2, 0.25) is 0 Å². The molecule has 6 heteroatoms. The summed E-state index contributed by atoms with van der Waals surface area (Å²) in [6, 6.07) is 4.57. The van der Waals surface area contributed by atoms with Gasteiger partial charge in [0.15, 0.2) is 0 Å². The summed E-state index contributed by atoms with van der Waals surface area (Å²) in [4.78, 5) is 26.6. The van der Waals surface area contributed by atoms with Crippen LogP contribution in [0.15, 0.2) is 27.8 Å². The molecule has 0 saturated heterocycles. The van der Waals surface area contributed by atoms with Gasteiger partial charge in [-0.1, -0.05) is 6.07 Å². The average molecular weight is 249 g/mol. The topological polar surface area (TPSA) is 87.1 Å². The molecule has 1 heterocycles. The van der Waals surface area contributed by atoms with Gasteiger partial charge in [-0.15, -0.1) is 0 Å². The Morgan fingerprint density at radius 3 is 2.83 bits per heavy atom. The molecule has 3 N–H and O–H groups in total. The van der Waals surface area contributed by atoms with Crippen LogP contribution in [0.3, 0.4) is 0 Å². The van der Waals surface area contributed by atoms with Crippen LogP contribution < -0.4 is 16.6 Å². The number of aromatic hydroxyl groups is 1. The van der Waals surface area contributed by atoms with Crippen molar-refractivity contribution < 1.29 is 5.11 Å². The molecule has 0 spiro atoms. The van der Waals surface area contributed by atoms with Gasteiger partial charge in [-0.3, -0.25) is 9.36 Å². The van der Waals surface area contributed by atoms with E-state index in [2.05, 4.69) is 10.3 Å². The van der Waals surface area contributed by atoms with Crippen molar-refractivity contribution >= 4 is 10.9 Å². The van der Waals surface area contributed by atoms with Crippen molar-refractivity contribution in [3.05, 3.63) is 39.0 Å². The average Bonchev–Trinajstić information content (AvgIpc) is 2.33. The minimum Gasteiger partial charge on any atom is -0.507 e. The number of aromatic amines is 1. The number of fused-ring (bicyclic) bond motifs is 1. The standard InChI is InChI=1S/C12H15N3O3/c1-7(13-2)6-15-11(17)10-8(14-12(15)18)4-3-5-9(10)16/h3-5,7,13,16H,6H2,1-2H3,(H,14,18). The summed E-state index contributed by atoms with van der Waals surface area (Å²) >= 11 is 0. The van der Waals surface area contributed by atoms with Crippen molar-refractivity contribution in [1.29, 1.82) is 0 Å². The van der Waals surface area contributed by atoms with E-state index in [0.29, 0.717) is 5.52 Å². The first-order valence-corrected chi connectivity index (χ1v) is 5.66. The molecule has 0 radical (unpaired) electrons. The van der Waals surface area contributed by atoms with Crippen molar-refractivity contribution in [2.45, 2.75) is 19.5 Å². The predicted octanol–water partition coefficient (Wildman–Crippen LogP) is 0.00330. The fourth-order valence-electron chi connectivity index (χ4n) is 1.81. The summed E-state index contributed by atoms with van der Waals surface area (Å²) in [5.41, 5.74) is -0.604. The number of nitrogens with one attached hydrogen (secondary N) is 2. The number of nitrogens with zero attached hydrogens (tertiary/aromatic N) is 1. The lowest BCUT2D eigenvalue weighted by molar-refractivity contribution is 0.475. The first-order chi connectivity index (χ1) is 8.54. The van der Waals surface area contributed by atoms with E-state index in [-0.39, 0.29) is 23.7 Å². The highest BCUT2D eigenvalue weighted by atomic mass is 16.3. The molecule has 1 aromatic heterocycles. The molecule has 0 aliphatic rings. The van der Waals surface area contributed by atoms with Crippen LogP contribution >= 0.6 is 0 Å². The molecule has 96 valence electrons. The SMILES string of the molecule is CNC(C)Cn1c(=O)[nH]c2cccc(O)c2c1=O. The molecule has 18 heavy (non-hydrogen) atoms. The monoisotopic (exact) mass is 249 g/mol. The number of rotatable bonds is 3. The Balaban J connectivity index is 2.72. The van der Waals surface area contributed by atoms with Gasteiger partial charge in [-0.05, 0) is 26.1 Å². The van der Waals surface area contributed by atoms with Crippen LogP contribution in [-0.2, 0) is 6.54 Å². The Labute approximate surface area is 103 Å². The van der Waals surface area contributed by atoms with Crippen LogP contribution in [0.25, 0.3) is 10.9 Å². The Kier molecular flexibility index (Phi) is 3.20. The van der Waals surface area contributed by atoms with Crippen molar-refractivity contribution in [1.82, 2.24) is 14.9 Å². The summed E-state index contributed by atoms with van der Waals surface area (Å²) in [7, 11) is 1.75. The Hall–Kier alpha value is -2.08. The quantitative estimate of drug-likeness (QED) is 0.714. The lowest BCUT2D eigenvalue weighted by atomic mass is 10.2. The van der Waals surface area contributed by atoms with Gasteiger partial charge in [-0.2, -0.15) is 0 Å². The van der Waals surface area contributed by atoms with E-state index >= 15 is 0 Å². The van der Waals surface area contributed by atoms with E-state index in [4.69, 9.17) is 0 Å². The summed E-state index contributed by atoms with van der Waals surface area (Å²) in [5.74, 6) is -0.125. The zero-order chi connectivity index (χ0) is 13.3. The lowest BCUT2D eigenvalue weighted by Gasteiger charge is -2.12. The maximum Gasteiger partial charge on any atom is 0.328 e. The number of phenolic OH excluding ortho intramolecular Hbond substituents is 1. The number of hydrogen-bond acceptors (Lipinski definition) is 4. The molecular weight excluding hydrogens is 234 g/mol. The molecule has 0 aliphatic heterocycles. The van der Waals surface area contributed by atoms with E-state index in [9.17, 15) is 14.7 Å². The fourth-order valence-corrected chi connectivity index (χ4v) is 1.81. The number of aromatic nitrogens is 2. The van der Waals surface area contributed by atoms with E-state index in [0.717, 1.165) is 4.57 Å². The highest BCUT2D eigenvalue weighted by Crippen LogP contribution is 2.17. The minimum absolute atomic E-state index is 0.0212.